The second-order valence-corrected chi connectivity index (χ2v) is 9.13. The van der Waals surface area contributed by atoms with Crippen molar-refractivity contribution >= 4 is 21.6 Å². The highest BCUT2D eigenvalue weighted by atomic mass is 32.2. The van der Waals surface area contributed by atoms with Gasteiger partial charge in [-0.3, -0.25) is 4.79 Å². The van der Waals surface area contributed by atoms with Crippen LogP contribution in [0.2, 0.25) is 0 Å². The normalized spacial score (nSPS) is 13.2. The van der Waals surface area contributed by atoms with Crippen LogP contribution in [-0.4, -0.2) is 19.9 Å². The summed E-state index contributed by atoms with van der Waals surface area (Å²) in [5, 5.41) is 2.79. The van der Waals surface area contributed by atoms with Crippen LogP contribution in [0.25, 0.3) is 0 Å². The van der Waals surface area contributed by atoms with Crippen LogP contribution in [0.5, 0.6) is 0 Å². The highest BCUT2D eigenvalue weighted by molar-refractivity contribution is 7.89. The highest BCUT2D eigenvalue weighted by Crippen LogP contribution is 2.21. The molecule has 0 fully saturated rings. The molecule has 0 bridgehead atoms. The Kier molecular flexibility index (Phi) is 6.21. The van der Waals surface area contributed by atoms with Gasteiger partial charge in [0.05, 0.1) is 4.90 Å². The zero-order valence-corrected chi connectivity index (χ0v) is 16.4. The largest absolute Gasteiger partial charge is 0.326 e. The van der Waals surface area contributed by atoms with Gasteiger partial charge in [0.25, 0.3) is 0 Å². The Bertz CT molecular complexity index is 856. The maximum atomic E-state index is 12.4. The fraction of sp³-hybridized carbons (Fsp3) is 0.350. The predicted octanol–water partition coefficient (Wildman–Crippen LogP) is 3.90. The number of hydrogen-bond acceptors (Lipinski definition) is 3. The summed E-state index contributed by atoms with van der Waals surface area (Å²) in [5.41, 5.74) is 0.976. The Morgan fingerprint density at radius 2 is 1.69 bits per heavy atom. The Balaban J connectivity index is 2.07. The SMILES string of the molecule is CC(CC(=O)Nc1cccc(S(=O)(=O)NC(C)(C)C)c1)c1ccccc1. The molecule has 2 rings (SSSR count). The van der Waals surface area contributed by atoms with Gasteiger partial charge in [-0.25, -0.2) is 13.1 Å². The molecule has 2 aromatic carbocycles. The van der Waals surface area contributed by atoms with Crippen molar-refractivity contribution in [3.05, 3.63) is 60.2 Å². The van der Waals surface area contributed by atoms with Crippen molar-refractivity contribution < 1.29 is 13.2 Å². The monoisotopic (exact) mass is 374 g/mol. The number of benzene rings is 2. The summed E-state index contributed by atoms with van der Waals surface area (Å²) in [4.78, 5) is 12.4. The molecule has 140 valence electrons. The summed E-state index contributed by atoms with van der Waals surface area (Å²) in [6, 6.07) is 16.1. The van der Waals surface area contributed by atoms with Crippen molar-refractivity contribution in [1.82, 2.24) is 4.72 Å². The molecule has 0 saturated heterocycles. The van der Waals surface area contributed by atoms with Crippen molar-refractivity contribution in [3.8, 4) is 0 Å². The van der Waals surface area contributed by atoms with E-state index in [1.807, 2.05) is 37.3 Å². The van der Waals surface area contributed by atoms with E-state index < -0.39 is 15.6 Å². The third kappa shape index (κ3) is 5.97. The van der Waals surface area contributed by atoms with Gasteiger partial charge in [0.1, 0.15) is 0 Å². The maximum Gasteiger partial charge on any atom is 0.241 e. The first-order valence-electron chi connectivity index (χ1n) is 8.56. The van der Waals surface area contributed by atoms with Gasteiger partial charge >= 0.3 is 0 Å². The molecule has 0 aromatic heterocycles. The Labute approximate surface area is 155 Å². The lowest BCUT2D eigenvalue weighted by Gasteiger charge is -2.20. The molecule has 0 aliphatic heterocycles. The minimum absolute atomic E-state index is 0.0747. The zero-order valence-electron chi connectivity index (χ0n) is 15.6. The molecule has 0 spiro atoms. The van der Waals surface area contributed by atoms with E-state index in [1.54, 1.807) is 32.9 Å². The molecule has 0 aliphatic rings. The van der Waals surface area contributed by atoms with E-state index in [4.69, 9.17) is 0 Å². The van der Waals surface area contributed by atoms with E-state index in [0.29, 0.717) is 12.1 Å². The van der Waals surface area contributed by atoms with E-state index in [0.717, 1.165) is 5.56 Å². The van der Waals surface area contributed by atoms with Crippen LogP contribution in [-0.2, 0) is 14.8 Å². The molecule has 0 radical (unpaired) electrons. The van der Waals surface area contributed by atoms with Gasteiger partial charge in [0.15, 0.2) is 0 Å². The van der Waals surface area contributed by atoms with E-state index in [-0.39, 0.29) is 16.7 Å². The van der Waals surface area contributed by atoms with Gasteiger partial charge in [-0.05, 0) is 50.5 Å². The van der Waals surface area contributed by atoms with Gasteiger partial charge in [-0.2, -0.15) is 0 Å². The molecule has 6 heteroatoms. The summed E-state index contributed by atoms with van der Waals surface area (Å²) in [7, 11) is -3.64. The van der Waals surface area contributed by atoms with Crippen LogP contribution in [0, 0.1) is 0 Å². The molecular formula is C20H26N2O3S. The predicted molar refractivity (Wildman–Crippen MR) is 105 cm³/mol. The highest BCUT2D eigenvalue weighted by Gasteiger charge is 2.22. The molecule has 1 amide bonds. The fourth-order valence-corrected chi connectivity index (χ4v) is 4.06. The van der Waals surface area contributed by atoms with Gasteiger partial charge in [0.2, 0.25) is 15.9 Å². The number of nitrogens with one attached hydrogen (secondary N) is 2. The minimum Gasteiger partial charge on any atom is -0.326 e. The molecule has 0 aliphatic carbocycles. The smallest absolute Gasteiger partial charge is 0.241 e. The van der Waals surface area contributed by atoms with Crippen LogP contribution >= 0.6 is 0 Å². The second kappa shape index (κ2) is 8.01. The molecule has 1 atom stereocenters. The van der Waals surface area contributed by atoms with E-state index in [1.165, 1.54) is 12.1 Å². The number of hydrogen-bond donors (Lipinski definition) is 2. The molecule has 26 heavy (non-hydrogen) atoms. The third-order valence-electron chi connectivity index (χ3n) is 3.73. The summed E-state index contributed by atoms with van der Waals surface area (Å²) in [6.07, 6.45) is 0.321. The first-order valence-corrected chi connectivity index (χ1v) is 10.0. The van der Waals surface area contributed by atoms with Crippen molar-refractivity contribution in [2.75, 3.05) is 5.32 Å². The summed E-state index contributed by atoms with van der Waals surface area (Å²) in [6.45, 7) is 7.33. The topological polar surface area (TPSA) is 75.3 Å². The third-order valence-corrected chi connectivity index (χ3v) is 5.48. The van der Waals surface area contributed by atoms with Crippen LogP contribution in [0.1, 0.15) is 45.6 Å². The Morgan fingerprint density at radius 1 is 1.04 bits per heavy atom. The van der Waals surface area contributed by atoms with Crippen LogP contribution in [0.4, 0.5) is 5.69 Å². The minimum atomic E-state index is -3.64. The number of anilines is 1. The number of carbonyl (C=O) groups is 1. The standard InChI is InChI=1S/C20H26N2O3S/c1-15(16-9-6-5-7-10-16)13-19(23)21-17-11-8-12-18(14-17)26(24,25)22-20(2,3)4/h5-12,14-15,22H,13H2,1-4H3,(H,21,23). The molecule has 0 saturated carbocycles. The molecule has 5 nitrogen and oxygen atoms in total. The van der Waals surface area contributed by atoms with Gasteiger partial charge in [-0.15, -0.1) is 0 Å². The molecule has 0 heterocycles. The number of amides is 1. The van der Waals surface area contributed by atoms with E-state index >= 15 is 0 Å². The summed E-state index contributed by atoms with van der Waals surface area (Å²) >= 11 is 0. The van der Waals surface area contributed by atoms with Gasteiger partial charge in [0, 0.05) is 17.6 Å². The van der Waals surface area contributed by atoms with Crippen molar-refractivity contribution in [2.45, 2.75) is 50.5 Å². The van der Waals surface area contributed by atoms with Crippen LogP contribution < -0.4 is 10.0 Å². The fourth-order valence-electron chi connectivity index (χ4n) is 2.59. The molecule has 1 unspecified atom stereocenters. The molecule has 2 N–H and O–H groups in total. The molecular weight excluding hydrogens is 348 g/mol. The molecule has 2 aromatic rings. The number of rotatable bonds is 6. The van der Waals surface area contributed by atoms with E-state index in [9.17, 15) is 13.2 Å². The number of carbonyl (C=O) groups excluding carboxylic acids is 1. The zero-order chi connectivity index (χ0) is 19.4. The lowest BCUT2D eigenvalue weighted by Crippen LogP contribution is -2.40. The maximum absolute atomic E-state index is 12.4. The van der Waals surface area contributed by atoms with Crippen molar-refractivity contribution in [3.63, 3.8) is 0 Å². The lowest BCUT2D eigenvalue weighted by molar-refractivity contribution is -0.116. The van der Waals surface area contributed by atoms with Gasteiger partial charge in [-0.1, -0.05) is 43.3 Å². The average molecular weight is 375 g/mol. The Hall–Kier alpha value is -2.18. The lowest BCUT2D eigenvalue weighted by atomic mass is 9.97. The van der Waals surface area contributed by atoms with Crippen molar-refractivity contribution in [1.29, 1.82) is 0 Å². The van der Waals surface area contributed by atoms with Crippen LogP contribution in [0.15, 0.2) is 59.5 Å². The first kappa shape index (κ1) is 20.1. The second-order valence-electron chi connectivity index (χ2n) is 7.45. The summed E-state index contributed by atoms with van der Waals surface area (Å²) < 4.78 is 27.5. The van der Waals surface area contributed by atoms with Crippen LogP contribution in [0.3, 0.4) is 0 Å². The van der Waals surface area contributed by atoms with E-state index in [2.05, 4.69) is 10.0 Å². The van der Waals surface area contributed by atoms with Gasteiger partial charge < -0.3 is 5.32 Å². The first-order chi connectivity index (χ1) is 12.1. The Morgan fingerprint density at radius 3 is 2.31 bits per heavy atom. The quantitative estimate of drug-likeness (QED) is 0.805. The van der Waals surface area contributed by atoms with Crippen molar-refractivity contribution in [2.24, 2.45) is 0 Å². The average Bonchev–Trinajstić information content (AvgIpc) is 2.53. The summed E-state index contributed by atoms with van der Waals surface area (Å²) in [5.74, 6) is -0.0784. The number of sulfonamides is 1.